The van der Waals surface area contributed by atoms with Crippen molar-refractivity contribution in [1.29, 1.82) is 0 Å². The summed E-state index contributed by atoms with van der Waals surface area (Å²) >= 11 is 0. The number of hydrogen-bond acceptors (Lipinski definition) is 3. The number of rotatable bonds is 5. The Labute approximate surface area is 119 Å². The van der Waals surface area contributed by atoms with Crippen LogP contribution in [0.2, 0.25) is 0 Å². The number of nitrogens with one attached hydrogen (secondary N) is 2. The van der Waals surface area contributed by atoms with E-state index >= 15 is 0 Å². The minimum atomic E-state index is -0.541. The van der Waals surface area contributed by atoms with Crippen LogP contribution in [0.15, 0.2) is 24.3 Å². The molecule has 4 N–H and O–H groups in total. The quantitative estimate of drug-likeness (QED) is 0.773. The zero-order valence-corrected chi connectivity index (χ0v) is 12.1. The standard InChI is InChI=1S/C15H23N3O2/c1-10(17-13-7-8-14(9-13)20-2)11-3-5-12(6-4-11)18-15(16)19/h3-6,10,13-14,17H,7-9H2,1-2H3,(H3,16,18,19). The topological polar surface area (TPSA) is 76.4 Å². The second-order valence-electron chi connectivity index (χ2n) is 5.37. The van der Waals surface area contributed by atoms with Crippen molar-refractivity contribution in [2.45, 2.75) is 44.4 Å². The lowest BCUT2D eigenvalue weighted by Crippen LogP contribution is -2.30. The molecule has 0 radical (unpaired) electrons. The number of primary amides is 1. The van der Waals surface area contributed by atoms with Crippen LogP contribution in [0.25, 0.3) is 0 Å². The molecule has 110 valence electrons. The summed E-state index contributed by atoms with van der Waals surface area (Å²) in [7, 11) is 1.78. The molecule has 2 rings (SSSR count). The third-order valence-electron chi connectivity index (χ3n) is 3.88. The first-order chi connectivity index (χ1) is 9.58. The van der Waals surface area contributed by atoms with Gasteiger partial charge in [-0.1, -0.05) is 12.1 Å². The van der Waals surface area contributed by atoms with Gasteiger partial charge in [0.15, 0.2) is 0 Å². The second-order valence-corrected chi connectivity index (χ2v) is 5.37. The minimum absolute atomic E-state index is 0.276. The Morgan fingerprint density at radius 2 is 2.05 bits per heavy atom. The van der Waals surface area contributed by atoms with Gasteiger partial charge in [0.25, 0.3) is 0 Å². The molecule has 3 atom stereocenters. The molecule has 0 saturated heterocycles. The molecule has 5 heteroatoms. The lowest BCUT2D eigenvalue weighted by atomic mass is 10.1. The molecule has 5 nitrogen and oxygen atoms in total. The molecule has 0 aliphatic heterocycles. The molecule has 0 heterocycles. The Balaban J connectivity index is 1.89. The van der Waals surface area contributed by atoms with Gasteiger partial charge in [-0.25, -0.2) is 4.79 Å². The van der Waals surface area contributed by atoms with E-state index in [1.54, 1.807) is 7.11 Å². The summed E-state index contributed by atoms with van der Waals surface area (Å²) in [5, 5.41) is 6.19. The minimum Gasteiger partial charge on any atom is -0.381 e. The summed E-state index contributed by atoms with van der Waals surface area (Å²) in [6.45, 7) is 2.15. The summed E-state index contributed by atoms with van der Waals surface area (Å²) in [5.74, 6) is 0. The number of hydrogen-bond donors (Lipinski definition) is 3. The molecule has 0 spiro atoms. The zero-order valence-electron chi connectivity index (χ0n) is 12.1. The van der Waals surface area contributed by atoms with Gasteiger partial charge < -0.3 is 21.1 Å². The van der Waals surface area contributed by atoms with Crippen molar-refractivity contribution in [3.8, 4) is 0 Å². The van der Waals surface area contributed by atoms with Gasteiger partial charge in [0.2, 0.25) is 0 Å². The van der Waals surface area contributed by atoms with Crippen molar-refractivity contribution in [2.75, 3.05) is 12.4 Å². The third-order valence-corrected chi connectivity index (χ3v) is 3.88. The van der Waals surface area contributed by atoms with E-state index in [1.165, 1.54) is 5.56 Å². The van der Waals surface area contributed by atoms with Gasteiger partial charge in [-0.15, -0.1) is 0 Å². The highest BCUT2D eigenvalue weighted by Crippen LogP contribution is 2.24. The average Bonchev–Trinajstić information content (AvgIpc) is 2.86. The Hall–Kier alpha value is -1.59. The molecule has 0 aromatic heterocycles. The molecule has 1 aliphatic rings. The molecule has 1 saturated carbocycles. The fourth-order valence-electron chi connectivity index (χ4n) is 2.75. The van der Waals surface area contributed by atoms with E-state index < -0.39 is 6.03 Å². The first-order valence-corrected chi connectivity index (χ1v) is 7.03. The van der Waals surface area contributed by atoms with Gasteiger partial charge in [-0.2, -0.15) is 0 Å². The largest absolute Gasteiger partial charge is 0.381 e. The third kappa shape index (κ3) is 3.95. The van der Waals surface area contributed by atoms with Crippen LogP contribution in [-0.4, -0.2) is 25.3 Å². The summed E-state index contributed by atoms with van der Waals surface area (Å²) < 4.78 is 5.39. The summed E-state index contributed by atoms with van der Waals surface area (Å²) in [5.41, 5.74) is 6.99. The van der Waals surface area contributed by atoms with Crippen molar-refractivity contribution < 1.29 is 9.53 Å². The van der Waals surface area contributed by atoms with Crippen LogP contribution in [0.5, 0.6) is 0 Å². The van der Waals surface area contributed by atoms with Gasteiger partial charge in [0.05, 0.1) is 6.10 Å². The Kier molecular flexibility index (Phi) is 4.98. The van der Waals surface area contributed by atoms with E-state index in [1.807, 2.05) is 24.3 Å². The van der Waals surface area contributed by atoms with Crippen LogP contribution in [0.1, 0.15) is 37.8 Å². The zero-order chi connectivity index (χ0) is 14.5. The van der Waals surface area contributed by atoms with Gasteiger partial charge in [-0.3, -0.25) is 0 Å². The fraction of sp³-hybridized carbons (Fsp3) is 0.533. The van der Waals surface area contributed by atoms with Crippen molar-refractivity contribution >= 4 is 11.7 Å². The Bertz CT molecular complexity index is 447. The number of carbonyl (C=O) groups is 1. The predicted molar refractivity (Wildman–Crippen MR) is 79.6 cm³/mol. The lowest BCUT2D eigenvalue weighted by molar-refractivity contribution is 0.106. The van der Waals surface area contributed by atoms with Crippen molar-refractivity contribution in [3.05, 3.63) is 29.8 Å². The van der Waals surface area contributed by atoms with Crippen LogP contribution in [0, 0.1) is 0 Å². The number of ether oxygens (including phenoxy) is 1. The van der Waals surface area contributed by atoms with Crippen LogP contribution in [-0.2, 0) is 4.74 Å². The maximum absolute atomic E-state index is 10.8. The SMILES string of the molecule is COC1CCC(NC(C)c2ccc(NC(N)=O)cc2)C1. The number of amides is 2. The maximum Gasteiger partial charge on any atom is 0.316 e. The molecular formula is C15H23N3O2. The van der Waals surface area contributed by atoms with Crippen molar-refractivity contribution in [1.82, 2.24) is 5.32 Å². The molecule has 1 aliphatic carbocycles. The predicted octanol–water partition coefficient (Wildman–Crippen LogP) is 2.40. The van der Waals surface area contributed by atoms with Gasteiger partial charge in [0, 0.05) is 24.9 Å². The monoisotopic (exact) mass is 277 g/mol. The average molecular weight is 277 g/mol. The van der Waals surface area contributed by atoms with E-state index in [-0.39, 0.29) is 6.04 Å². The Morgan fingerprint density at radius 1 is 1.35 bits per heavy atom. The van der Waals surface area contributed by atoms with Gasteiger partial charge >= 0.3 is 6.03 Å². The molecule has 20 heavy (non-hydrogen) atoms. The number of benzene rings is 1. The fourth-order valence-corrected chi connectivity index (χ4v) is 2.75. The number of urea groups is 1. The van der Waals surface area contributed by atoms with Gasteiger partial charge in [-0.05, 0) is 43.9 Å². The molecule has 3 unspecified atom stereocenters. The summed E-state index contributed by atoms with van der Waals surface area (Å²) in [6.07, 6.45) is 3.75. The maximum atomic E-state index is 10.8. The molecule has 0 bridgehead atoms. The van der Waals surface area contributed by atoms with E-state index in [2.05, 4.69) is 17.6 Å². The normalized spacial score (nSPS) is 23.5. The summed E-state index contributed by atoms with van der Waals surface area (Å²) in [4.78, 5) is 10.8. The van der Waals surface area contributed by atoms with Crippen LogP contribution < -0.4 is 16.4 Å². The van der Waals surface area contributed by atoms with Crippen LogP contribution in [0.4, 0.5) is 10.5 Å². The highest BCUT2D eigenvalue weighted by atomic mass is 16.5. The van der Waals surface area contributed by atoms with Crippen molar-refractivity contribution in [2.24, 2.45) is 5.73 Å². The highest BCUT2D eigenvalue weighted by Gasteiger charge is 2.25. The highest BCUT2D eigenvalue weighted by molar-refractivity contribution is 5.87. The molecular weight excluding hydrogens is 254 g/mol. The van der Waals surface area contributed by atoms with Crippen molar-refractivity contribution in [3.63, 3.8) is 0 Å². The van der Waals surface area contributed by atoms with Crippen LogP contribution >= 0.6 is 0 Å². The van der Waals surface area contributed by atoms with Crippen LogP contribution in [0.3, 0.4) is 0 Å². The molecule has 2 amide bonds. The first-order valence-electron chi connectivity index (χ1n) is 7.03. The molecule has 1 aromatic carbocycles. The van der Waals surface area contributed by atoms with E-state index in [4.69, 9.17) is 10.5 Å². The number of anilines is 1. The molecule has 1 fully saturated rings. The van der Waals surface area contributed by atoms with E-state index in [0.29, 0.717) is 17.8 Å². The van der Waals surface area contributed by atoms with E-state index in [0.717, 1.165) is 19.3 Å². The number of nitrogens with two attached hydrogens (primary N) is 1. The van der Waals surface area contributed by atoms with Gasteiger partial charge in [0.1, 0.15) is 0 Å². The first kappa shape index (κ1) is 14.8. The molecule has 1 aromatic rings. The summed E-state index contributed by atoms with van der Waals surface area (Å²) in [6, 6.07) is 7.99. The smallest absolute Gasteiger partial charge is 0.316 e. The second kappa shape index (κ2) is 6.72. The number of carbonyl (C=O) groups excluding carboxylic acids is 1. The lowest BCUT2D eigenvalue weighted by Gasteiger charge is -2.20. The Morgan fingerprint density at radius 3 is 2.60 bits per heavy atom. The number of methoxy groups -OCH3 is 1. The van der Waals surface area contributed by atoms with E-state index in [9.17, 15) is 4.79 Å².